The molecule has 0 atom stereocenters. The molecule has 0 aromatic rings. The molecule has 0 fully saturated rings. The second-order valence-corrected chi connectivity index (χ2v) is 2.13. The quantitative estimate of drug-likeness (QED) is 0.515. The predicted molar refractivity (Wildman–Crippen MR) is 64.5 cm³/mol. The van der Waals surface area contributed by atoms with Gasteiger partial charge in [0.25, 0.3) is 0 Å². The highest BCUT2D eigenvalue weighted by atomic mass is 16.3. The van der Waals surface area contributed by atoms with E-state index in [0.29, 0.717) is 0 Å². The maximum absolute atomic E-state index is 8.50. The van der Waals surface area contributed by atoms with Crippen molar-refractivity contribution in [3.05, 3.63) is 39.5 Å². The van der Waals surface area contributed by atoms with Gasteiger partial charge in [0.05, 0.1) is 31.8 Å². The van der Waals surface area contributed by atoms with Gasteiger partial charge < -0.3 is 20.4 Å². The first-order valence-electron chi connectivity index (χ1n) is 4.18. The van der Waals surface area contributed by atoms with E-state index in [9.17, 15) is 0 Å². The molecule has 0 spiro atoms. The summed E-state index contributed by atoms with van der Waals surface area (Å²) in [5.74, 6) is 0. The molecule has 0 aliphatic rings. The lowest BCUT2D eigenvalue weighted by atomic mass is 9.93. The van der Waals surface area contributed by atoms with Gasteiger partial charge in [-0.3, -0.25) is 0 Å². The lowest BCUT2D eigenvalue weighted by Gasteiger charge is -2.23. The summed E-state index contributed by atoms with van der Waals surface area (Å²) in [6.45, 7) is 16.4. The van der Waals surface area contributed by atoms with Crippen molar-refractivity contribution in [3.63, 3.8) is 0 Å². The minimum Gasteiger partial charge on any atom is -0.396 e. The number of hydrogen-bond acceptors (Lipinski definition) is 4. The van der Waals surface area contributed by atoms with Gasteiger partial charge in [-0.2, -0.15) is 0 Å². The minimum atomic E-state index is -1.11. The van der Waals surface area contributed by atoms with E-state index >= 15 is 0 Å². The van der Waals surface area contributed by atoms with E-state index in [2.05, 4.69) is 39.5 Å². The molecule has 4 N–H and O–H groups in total. The summed E-state index contributed by atoms with van der Waals surface area (Å²) in [6, 6.07) is 0. The Morgan fingerprint density at radius 3 is 0.667 bits per heavy atom. The fourth-order valence-electron chi connectivity index (χ4n) is 0.300. The van der Waals surface area contributed by atoms with Crippen LogP contribution in [0.4, 0.5) is 0 Å². The van der Waals surface area contributed by atoms with Gasteiger partial charge in [0.2, 0.25) is 0 Å². The van der Waals surface area contributed by atoms with Gasteiger partial charge in [0.15, 0.2) is 0 Å². The lowest BCUT2D eigenvalue weighted by Crippen LogP contribution is -2.37. The van der Waals surface area contributed by atoms with E-state index in [1.54, 1.807) is 0 Å². The first kappa shape index (κ1) is 23.7. The summed E-state index contributed by atoms with van der Waals surface area (Å²) in [4.78, 5) is 0. The van der Waals surface area contributed by atoms with Crippen LogP contribution < -0.4 is 0 Å². The second-order valence-electron chi connectivity index (χ2n) is 2.13. The zero-order valence-corrected chi connectivity index (χ0v) is 9.36. The highest BCUT2D eigenvalue weighted by molar-refractivity contribution is 4.74. The summed E-state index contributed by atoms with van der Waals surface area (Å²) >= 11 is 0. The van der Waals surface area contributed by atoms with Gasteiger partial charge in [0, 0.05) is 0 Å². The molecule has 0 unspecified atom stereocenters. The molecule has 0 aromatic carbocycles. The van der Waals surface area contributed by atoms with Crippen LogP contribution in [0.3, 0.4) is 0 Å². The minimum absolute atomic E-state index is 0.406. The van der Waals surface area contributed by atoms with Crippen molar-refractivity contribution in [1.82, 2.24) is 0 Å². The van der Waals surface area contributed by atoms with E-state index in [-0.39, 0.29) is 0 Å². The third-order valence-corrected chi connectivity index (χ3v) is 1.34. The number of aliphatic hydroxyl groups is 4. The van der Waals surface area contributed by atoms with E-state index in [4.69, 9.17) is 20.4 Å². The average Bonchev–Trinajstić information content (AvgIpc) is 2.40. The van der Waals surface area contributed by atoms with Crippen LogP contribution in [-0.2, 0) is 0 Å². The number of hydrogen-bond donors (Lipinski definition) is 4. The molecule has 0 aliphatic heterocycles. The van der Waals surface area contributed by atoms with Crippen molar-refractivity contribution in [1.29, 1.82) is 0 Å². The fraction of sp³-hybridized carbons (Fsp3) is 0.455. The van der Waals surface area contributed by atoms with Crippen LogP contribution >= 0.6 is 0 Å². The van der Waals surface area contributed by atoms with E-state index in [1.165, 1.54) is 0 Å². The molecule has 0 aliphatic carbocycles. The molecule has 92 valence electrons. The van der Waals surface area contributed by atoms with Crippen molar-refractivity contribution in [2.75, 3.05) is 26.4 Å². The van der Waals surface area contributed by atoms with Crippen molar-refractivity contribution in [3.8, 4) is 0 Å². The van der Waals surface area contributed by atoms with Crippen LogP contribution in [0.15, 0.2) is 39.5 Å². The Morgan fingerprint density at radius 1 is 0.533 bits per heavy atom. The van der Waals surface area contributed by atoms with Gasteiger partial charge >= 0.3 is 0 Å². The van der Waals surface area contributed by atoms with Crippen molar-refractivity contribution in [2.45, 2.75) is 0 Å². The zero-order valence-electron chi connectivity index (χ0n) is 9.36. The first-order chi connectivity index (χ1) is 7.24. The maximum atomic E-state index is 8.50. The maximum Gasteiger partial charge on any atom is 0.0627 e. The highest BCUT2D eigenvalue weighted by Gasteiger charge is 2.26. The van der Waals surface area contributed by atoms with Gasteiger partial charge in [-0.25, -0.2) is 0 Å². The average molecular weight is 220 g/mol. The molecular weight excluding hydrogens is 196 g/mol. The molecular formula is C11H24O4. The molecule has 15 heavy (non-hydrogen) atoms. The van der Waals surface area contributed by atoms with Crippen LogP contribution in [0, 0.1) is 5.41 Å². The third kappa shape index (κ3) is 13.1. The van der Waals surface area contributed by atoms with Crippen molar-refractivity contribution in [2.24, 2.45) is 5.41 Å². The largest absolute Gasteiger partial charge is 0.396 e. The van der Waals surface area contributed by atoms with Crippen LogP contribution in [0.1, 0.15) is 0 Å². The Balaban J connectivity index is -0.0000000860. The topological polar surface area (TPSA) is 80.9 Å². The number of rotatable bonds is 4. The molecule has 4 nitrogen and oxygen atoms in total. The Bertz CT molecular complexity index is 80.5. The Kier molecular flexibility index (Phi) is 36.6. The Hall–Kier alpha value is -0.940. The zero-order chi connectivity index (χ0) is 13.3. The van der Waals surface area contributed by atoms with Crippen LogP contribution in [-0.4, -0.2) is 46.9 Å². The normalized spacial score (nSPS) is 8.00. The lowest BCUT2D eigenvalue weighted by molar-refractivity contribution is -0.0328. The standard InChI is InChI=1S/C5H12O4.3C2H4/c6-1-5(2-7,3-8)4-9;3*1-2/h6-9H,1-4H2;3*1-2H2. The number of aliphatic hydroxyl groups excluding tert-OH is 4. The third-order valence-electron chi connectivity index (χ3n) is 1.34. The first-order valence-corrected chi connectivity index (χ1v) is 4.18. The van der Waals surface area contributed by atoms with Crippen molar-refractivity contribution < 1.29 is 20.4 Å². The highest BCUT2D eigenvalue weighted by Crippen LogP contribution is 2.11. The summed E-state index contributed by atoms with van der Waals surface area (Å²) < 4.78 is 0. The summed E-state index contributed by atoms with van der Waals surface area (Å²) in [7, 11) is 0. The molecule has 0 aromatic heterocycles. The summed E-state index contributed by atoms with van der Waals surface area (Å²) in [5, 5.41) is 34.0. The van der Waals surface area contributed by atoms with E-state index < -0.39 is 31.8 Å². The summed E-state index contributed by atoms with van der Waals surface area (Å²) in [5.41, 5.74) is -1.11. The second kappa shape index (κ2) is 23.1. The van der Waals surface area contributed by atoms with Crippen LogP contribution in [0.2, 0.25) is 0 Å². The monoisotopic (exact) mass is 220 g/mol. The van der Waals surface area contributed by atoms with Gasteiger partial charge in [-0.05, 0) is 0 Å². The molecule has 4 heteroatoms. The molecule has 0 amide bonds. The van der Waals surface area contributed by atoms with Crippen molar-refractivity contribution >= 4 is 0 Å². The van der Waals surface area contributed by atoms with Crippen LogP contribution in [0.5, 0.6) is 0 Å². The molecule has 0 bridgehead atoms. The Labute approximate surface area is 92.5 Å². The van der Waals surface area contributed by atoms with E-state index in [0.717, 1.165) is 0 Å². The van der Waals surface area contributed by atoms with Crippen LogP contribution in [0.25, 0.3) is 0 Å². The smallest absolute Gasteiger partial charge is 0.0627 e. The van der Waals surface area contributed by atoms with E-state index in [1.807, 2.05) is 0 Å². The predicted octanol–water partition coefficient (Wildman–Crippen LogP) is 0.349. The molecule has 0 saturated carbocycles. The summed E-state index contributed by atoms with van der Waals surface area (Å²) in [6.07, 6.45) is 0. The fourth-order valence-corrected chi connectivity index (χ4v) is 0.300. The molecule has 0 heterocycles. The van der Waals surface area contributed by atoms with Gasteiger partial charge in [-0.15, -0.1) is 39.5 Å². The van der Waals surface area contributed by atoms with Gasteiger partial charge in [-0.1, -0.05) is 0 Å². The molecule has 0 radical (unpaired) electrons. The Morgan fingerprint density at radius 2 is 0.667 bits per heavy atom. The molecule has 0 rings (SSSR count). The SMILES string of the molecule is C=C.C=C.C=C.OCC(CO)(CO)CO. The molecule has 0 saturated heterocycles. The van der Waals surface area contributed by atoms with Gasteiger partial charge in [0.1, 0.15) is 0 Å².